The van der Waals surface area contributed by atoms with Gasteiger partial charge in [-0.15, -0.1) is 0 Å². The molecule has 0 aromatic heterocycles. The van der Waals surface area contributed by atoms with Crippen LogP contribution >= 0.6 is 0 Å². The van der Waals surface area contributed by atoms with Crippen molar-refractivity contribution in [3.8, 4) is 0 Å². The third-order valence-electron chi connectivity index (χ3n) is 3.99. The summed E-state index contributed by atoms with van der Waals surface area (Å²) in [5.41, 5.74) is 7.47. The molecule has 2 atom stereocenters. The summed E-state index contributed by atoms with van der Waals surface area (Å²) >= 11 is 0. The Morgan fingerprint density at radius 1 is 1.30 bits per heavy atom. The van der Waals surface area contributed by atoms with Gasteiger partial charge in [-0.1, -0.05) is 24.3 Å². The van der Waals surface area contributed by atoms with Crippen LogP contribution in [0.3, 0.4) is 0 Å². The average Bonchev–Trinajstić information content (AvgIpc) is 2.83. The molecule has 7 heteroatoms. The van der Waals surface area contributed by atoms with E-state index in [4.69, 9.17) is 5.73 Å². The van der Waals surface area contributed by atoms with Crippen LogP contribution in [-0.4, -0.2) is 22.0 Å². The van der Waals surface area contributed by atoms with E-state index in [0.29, 0.717) is 12.1 Å². The maximum Gasteiger partial charge on any atom is 0.270 e. The summed E-state index contributed by atoms with van der Waals surface area (Å²) in [6.45, 7) is 0. The minimum atomic E-state index is -0.767. The summed E-state index contributed by atoms with van der Waals surface area (Å²) in [6.07, 6.45) is -0.143. The second kappa shape index (κ2) is 5.69. The van der Waals surface area contributed by atoms with E-state index in [2.05, 4.69) is 5.32 Å². The Labute approximate surface area is 131 Å². The van der Waals surface area contributed by atoms with Gasteiger partial charge in [-0.2, -0.15) is 0 Å². The zero-order valence-electron chi connectivity index (χ0n) is 12.1. The van der Waals surface area contributed by atoms with Crippen LogP contribution in [0.1, 0.15) is 27.5 Å². The third-order valence-corrected chi connectivity index (χ3v) is 3.99. The average molecular weight is 313 g/mol. The highest BCUT2D eigenvalue weighted by molar-refractivity contribution is 5.99. The molecule has 0 radical (unpaired) electrons. The van der Waals surface area contributed by atoms with Gasteiger partial charge in [-0.3, -0.25) is 14.9 Å². The van der Waals surface area contributed by atoms with Gasteiger partial charge in [0, 0.05) is 24.2 Å². The maximum atomic E-state index is 11.6. The highest BCUT2D eigenvalue weighted by Crippen LogP contribution is 2.35. The number of carbonyl (C=O) groups excluding carboxylic acids is 1. The molecular formula is C16H15N3O4. The summed E-state index contributed by atoms with van der Waals surface area (Å²) in [6, 6.07) is 11.1. The van der Waals surface area contributed by atoms with Gasteiger partial charge in [0.1, 0.15) is 0 Å². The molecule has 0 unspecified atom stereocenters. The van der Waals surface area contributed by atoms with E-state index in [1.165, 1.54) is 12.1 Å². The monoisotopic (exact) mass is 313 g/mol. The first-order valence-electron chi connectivity index (χ1n) is 7.08. The highest BCUT2D eigenvalue weighted by atomic mass is 16.6. The van der Waals surface area contributed by atoms with Gasteiger partial charge in [0.15, 0.2) is 0 Å². The summed E-state index contributed by atoms with van der Waals surface area (Å²) in [5, 5.41) is 24.2. The third kappa shape index (κ3) is 2.74. The number of aliphatic hydroxyl groups excluding tert-OH is 1. The summed E-state index contributed by atoms with van der Waals surface area (Å²) in [7, 11) is 0. The van der Waals surface area contributed by atoms with E-state index < -0.39 is 23.0 Å². The standard InChI is InChI=1S/C16H15N3O4/c17-16(21)12-8-10(19(22)23)5-6-13(12)18-15-11-4-2-1-3-9(11)7-14(15)20/h1-6,8,14-15,18,20H,7H2,(H2,17,21)/t14-,15+/m1/s1. The molecule has 4 N–H and O–H groups in total. The van der Waals surface area contributed by atoms with Gasteiger partial charge in [0.05, 0.1) is 22.6 Å². The number of nitro benzene ring substituents is 1. The number of nitrogens with zero attached hydrogens (tertiary/aromatic N) is 1. The predicted molar refractivity (Wildman–Crippen MR) is 84.1 cm³/mol. The van der Waals surface area contributed by atoms with Gasteiger partial charge < -0.3 is 16.2 Å². The van der Waals surface area contributed by atoms with Crippen molar-refractivity contribution in [3.63, 3.8) is 0 Å². The molecule has 1 aliphatic carbocycles. The van der Waals surface area contributed by atoms with E-state index in [1.807, 2.05) is 24.3 Å². The largest absolute Gasteiger partial charge is 0.390 e. The second-order valence-electron chi connectivity index (χ2n) is 5.44. The lowest BCUT2D eigenvalue weighted by atomic mass is 10.1. The zero-order valence-corrected chi connectivity index (χ0v) is 12.1. The molecule has 0 aliphatic heterocycles. The number of hydrogen-bond donors (Lipinski definition) is 3. The molecule has 2 aromatic carbocycles. The van der Waals surface area contributed by atoms with Crippen molar-refractivity contribution >= 4 is 17.3 Å². The number of aliphatic hydroxyl groups is 1. The first-order valence-corrected chi connectivity index (χ1v) is 7.08. The second-order valence-corrected chi connectivity index (χ2v) is 5.44. The van der Waals surface area contributed by atoms with E-state index in [0.717, 1.165) is 17.2 Å². The molecule has 0 saturated carbocycles. The number of primary amides is 1. The van der Waals surface area contributed by atoms with Gasteiger partial charge in [-0.25, -0.2) is 0 Å². The molecule has 23 heavy (non-hydrogen) atoms. The number of anilines is 1. The van der Waals surface area contributed by atoms with Crippen molar-refractivity contribution in [3.05, 3.63) is 69.3 Å². The number of rotatable bonds is 4. The molecule has 0 fully saturated rings. The minimum Gasteiger partial charge on any atom is -0.390 e. The van der Waals surface area contributed by atoms with Crippen molar-refractivity contribution in [1.82, 2.24) is 0 Å². The SMILES string of the molecule is NC(=O)c1cc([N+](=O)[O-])ccc1N[C@H]1c2ccccc2C[C@H]1O. The molecule has 0 spiro atoms. The lowest BCUT2D eigenvalue weighted by Gasteiger charge is -2.20. The Balaban J connectivity index is 1.97. The Morgan fingerprint density at radius 2 is 2.04 bits per heavy atom. The normalized spacial score (nSPS) is 19.2. The Morgan fingerprint density at radius 3 is 2.74 bits per heavy atom. The highest BCUT2D eigenvalue weighted by Gasteiger charge is 2.31. The topological polar surface area (TPSA) is 118 Å². The molecule has 0 saturated heterocycles. The van der Waals surface area contributed by atoms with Crippen molar-refractivity contribution in [2.24, 2.45) is 5.73 Å². The van der Waals surface area contributed by atoms with E-state index in [9.17, 15) is 20.0 Å². The van der Waals surface area contributed by atoms with E-state index >= 15 is 0 Å². The zero-order chi connectivity index (χ0) is 16.6. The van der Waals surface area contributed by atoms with Gasteiger partial charge in [0.2, 0.25) is 0 Å². The van der Waals surface area contributed by atoms with Crippen LogP contribution < -0.4 is 11.1 Å². The van der Waals surface area contributed by atoms with Crippen LogP contribution in [0.5, 0.6) is 0 Å². The first kappa shape index (κ1) is 15.0. The number of amides is 1. The van der Waals surface area contributed by atoms with Crippen molar-refractivity contribution in [1.29, 1.82) is 0 Å². The summed E-state index contributed by atoms with van der Waals surface area (Å²) in [4.78, 5) is 21.8. The number of nitrogens with two attached hydrogens (primary N) is 1. The number of nitro groups is 1. The smallest absolute Gasteiger partial charge is 0.270 e. The summed E-state index contributed by atoms with van der Waals surface area (Å²) < 4.78 is 0. The molecule has 0 heterocycles. The molecule has 3 rings (SSSR count). The molecule has 1 amide bonds. The number of hydrogen-bond acceptors (Lipinski definition) is 5. The number of fused-ring (bicyclic) bond motifs is 1. The van der Waals surface area contributed by atoms with Gasteiger partial charge in [0.25, 0.3) is 11.6 Å². The summed E-state index contributed by atoms with van der Waals surface area (Å²) in [5.74, 6) is -0.767. The fourth-order valence-corrected chi connectivity index (χ4v) is 2.89. The van der Waals surface area contributed by atoms with Gasteiger partial charge >= 0.3 is 0 Å². The van der Waals surface area contributed by atoms with E-state index in [1.54, 1.807) is 0 Å². The quantitative estimate of drug-likeness (QED) is 0.587. The lowest BCUT2D eigenvalue weighted by Crippen LogP contribution is -2.23. The molecular weight excluding hydrogens is 298 g/mol. The van der Waals surface area contributed by atoms with Crippen LogP contribution in [0.25, 0.3) is 0 Å². The van der Waals surface area contributed by atoms with Crippen LogP contribution in [0.4, 0.5) is 11.4 Å². The van der Waals surface area contributed by atoms with Crippen LogP contribution in [0.2, 0.25) is 0 Å². The molecule has 2 aromatic rings. The van der Waals surface area contributed by atoms with Crippen LogP contribution in [0, 0.1) is 10.1 Å². The van der Waals surface area contributed by atoms with Crippen molar-refractivity contribution < 1.29 is 14.8 Å². The Kier molecular flexibility index (Phi) is 3.71. The van der Waals surface area contributed by atoms with Crippen molar-refractivity contribution in [2.75, 3.05) is 5.32 Å². The van der Waals surface area contributed by atoms with Crippen molar-refractivity contribution in [2.45, 2.75) is 18.6 Å². The Hall–Kier alpha value is -2.93. The van der Waals surface area contributed by atoms with Crippen LogP contribution in [0.15, 0.2) is 42.5 Å². The molecule has 1 aliphatic rings. The minimum absolute atomic E-state index is 0.0239. The fraction of sp³-hybridized carbons (Fsp3) is 0.188. The fourth-order valence-electron chi connectivity index (χ4n) is 2.89. The Bertz CT molecular complexity index is 791. The maximum absolute atomic E-state index is 11.6. The number of benzene rings is 2. The number of nitrogens with one attached hydrogen (secondary N) is 1. The van der Waals surface area contributed by atoms with Crippen LogP contribution in [-0.2, 0) is 6.42 Å². The first-order chi connectivity index (χ1) is 11.0. The number of carbonyl (C=O) groups is 1. The molecule has 118 valence electrons. The molecule has 7 nitrogen and oxygen atoms in total. The lowest BCUT2D eigenvalue weighted by molar-refractivity contribution is -0.384. The van der Waals surface area contributed by atoms with E-state index in [-0.39, 0.29) is 11.3 Å². The predicted octanol–water partition coefficient (Wildman–Crippen LogP) is 1.76. The van der Waals surface area contributed by atoms with Gasteiger partial charge in [-0.05, 0) is 17.2 Å². The molecule has 0 bridgehead atoms. The number of non-ortho nitro benzene ring substituents is 1.